The number of halogens is 1. The summed E-state index contributed by atoms with van der Waals surface area (Å²) in [5.41, 5.74) is 0.853. The summed E-state index contributed by atoms with van der Waals surface area (Å²) in [5, 5.41) is 12.5. The lowest BCUT2D eigenvalue weighted by atomic mass is 9.77. The van der Waals surface area contributed by atoms with Crippen molar-refractivity contribution in [3.8, 4) is 0 Å². The highest BCUT2D eigenvalue weighted by atomic mass is 19.1. The van der Waals surface area contributed by atoms with Crippen LogP contribution >= 0.6 is 0 Å². The molecule has 0 bridgehead atoms. The van der Waals surface area contributed by atoms with Crippen molar-refractivity contribution in [2.24, 2.45) is 5.41 Å². The van der Waals surface area contributed by atoms with E-state index in [1.807, 2.05) is 17.9 Å². The molecule has 2 amide bonds. The summed E-state index contributed by atoms with van der Waals surface area (Å²) in [6.07, 6.45) is 3.22. The maximum atomic E-state index is 13.2. The fraction of sp³-hybridized carbons (Fsp3) is 0.611. The van der Waals surface area contributed by atoms with E-state index in [4.69, 9.17) is 0 Å². The number of amides is 2. The molecule has 0 aliphatic carbocycles. The largest absolute Gasteiger partial charge is 0.396 e. The first-order valence-corrected chi connectivity index (χ1v) is 8.39. The summed E-state index contributed by atoms with van der Waals surface area (Å²) in [4.78, 5) is 14.1. The molecule has 128 valence electrons. The molecule has 1 unspecified atom stereocenters. The van der Waals surface area contributed by atoms with Gasteiger partial charge in [-0.3, -0.25) is 0 Å². The number of urea groups is 1. The Kier molecular flexibility index (Phi) is 5.99. The van der Waals surface area contributed by atoms with Crippen LogP contribution in [0.25, 0.3) is 0 Å². The van der Waals surface area contributed by atoms with E-state index in [1.165, 1.54) is 12.1 Å². The Balaban J connectivity index is 1.83. The number of hydrogen-bond acceptors (Lipinski definition) is 2. The van der Waals surface area contributed by atoms with E-state index in [0.717, 1.165) is 24.8 Å². The lowest BCUT2D eigenvalue weighted by Crippen LogP contribution is -2.50. The minimum Gasteiger partial charge on any atom is -0.396 e. The molecule has 1 aliphatic heterocycles. The number of likely N-dealkylation sites (tertiary alicyclic amines) is 1. The fourth-order valence-corrected chi connectivity index (χ4v) is 3.18. The van der Waals surface area contributed by atoms with Crippen LogP contribution < -0.4 is 5.32 Å². The standard InChI is InChI=1S/C18H27FN2O2/c1-3-18(13-22)7-9-21(10-8-18)17(23)20-14(2)11-15-5-4-6-16(19)12-15/h4-6,12,14,22H,3,7-11,13H2,1-2H3,(H,20,23). The molecule has 1 aromatic rings. The van der Waals surface area contributed by atoms with Gasteiger partial charge < -0.3 is 15.3 Å². The monoisotopic (exact) mass is 322 g/mol. The van der Waals surface area contributed by atoms with E-state index in [2.05, 4.69) is 12.2 Å². The third kappa shape index (κ3) is 4.67. The molecule has 2 rings (SSSR count). The van der Waals surface area contributed by atoms with E-state index < -0.39 is 0 Å². The Bertz CT molecular complexity index is 522. The lowest BCUT2D eigenvalue weighted by Gasteiger charge is -2.40. The number of nitrogens with zero attached hydrogens (tertiary/aromatic N) is 1. The van der Waals surface area contributed by atoms with Gasteiger partial charge in [0.05, 0.1) is 0 Å². The van der Waals surface area contributed by atoms with E-state index in [0.29, 0.717) is 19.5 Å². The molecule has 1 aliphatic rings. The molecule has 0 aromatic heterocycles. The molecule has 1 atom stereocenters. The number of carbonyl (C=O) groups excluding carboxylic acids is 1. The highest BCUT2D eigenvalue weighted by Crippen LogP contribution is 2.34. The van der Waals surface area contributed by atoms with Crippen LogP contribution in [0, 0.1) is 11.2 Å². The van der Waals surface area contributed by atoms with Crippen molar-refractivity contribution in [2.45, 2.75) is 45.6 Å². The highest BCUT2D eigenvalue weighted by molar-refractivity contribution is 5.74. The van der Waals surface area contributed by atoms with Gasteiger partial charge in [-0.2, -0.15) is 0 Å². The number of aliphatic hydroxyl groups excluding tert-OH is 1. The van der Waals surface area contributed by atoms with Crippen molar-refractivity contribution in [2.75, 3.05) is 19.7 Å². The van der Waals surface area contributed by atoms with Gasteiger partial charge in [0.15, 0.2) is 0 Å². The molecular weight excluding hydrogens is 295 g/mol. The number of hydrogen-bond donors (Lipinski definition) is 2. The van der Waals surface area contributed by atoms with Gasteiger partial charge in [-0.15, -0.1) is 0 Å². The normalized spacial score (nSPS) is 18.5. The van der Waals surface area contributed by atoms with Gasteiger partial charge in [0.2, 0.25) is 0 Å². The van der Waals surface area contributed by atoms with Gasteiger partial charge in [-0.05, 0) is 55.7 Å². The molecule has 4 nitrogen and oxygen atoms in total. The summed E-state index contributed by atoms with van der Waals surface area (Å²) >= 11 is 0. The molecule has 23 heavy (non-hydrogen) atoms. The van der Waals surface area contributed by atoms with E-state index >= 15 is 0 Å². The number of aliphatic hydroxyl groups is 1. The SMILES string of the molecule is CCC1(CO)CCN(C(=O)NC(C)Cc2cccc(F)c2)CC1. The molecule has 5 heteroatoms. The van der Waals surface area contributed by atoms with Crippen LogP contribution in [0.3, 0.4) is 0 Å². The number of piperidine rings is 1. The number of nitrogens with one attached hydrogen (secondary N) is 1. The van der Waals surface area contributed by atoms with Crippen LogP contribution in [0.4, 0.5) is 9.18 Å². The first-order chi connectivity index (χ1) is 11.0. The molecule has 0 saturated carbocycles. The van der Waals surface area contributed by atoms with Gasteiger partial charge in [0, 0.05) is 25.7 Å². The summed E-state index contributed by atoms with van der Waals surface area (Å²) in [6.45, 7) is 5.55. The number of rotatable bonds is 5. The number of carbonyl (C=O) groups is 1. The third-order valence-electron chi connectivity index (χ3n) is 5.00. The molecule has 0 spiro atoms. The molecule has 1 aromatic carbocycles. The van der Waals surface area contributed by atoms with Crippen LogP contribution in [0.2, 0.25) is 0 Å². The smallest absolute Gasteiger partial charge is 0.317 e. The Hall–Kier alpha value is -1.62. The first-order valence-electron chi connectivity index (χ1n) is 8.39. The maximum Gasteiger partial charge on any atom is 0.317 e. The minimum atomic E-state index is -0.253. The van der Waals surface area contributed by atoms with Crippen LogP contribution in [-0.4, -0.2) is 41.8 Å². The highest BCUT2D eigenvalue weighted by Gasteiger charge is 2.34. The molecule has 1 saturated heterocycles. The zero-order valence-electron chi connectivity index (χ0n) is 14.0. The third-order valence-corrected chi connectivity index (χ3v) is 5.00. The van der Waals surface area contributed by atoms with Crippen molar-refractivity contribution in [1.82, 2.24) is 10.2 Å². The Morgan fingerprint density at radius 2 is 2.13 bits per heavy atom. The average Bonchev–Trinajstić information content (AvgIpc) is 2.54. The van der Waals surface area contributed by atoms with E-state index in [-0.39, 0.29) is 29.9 Å². The van der Waals surface area contributed by atoms with Gasteiger partial charge in [0.1, 0.15) is 5.82 Å². The second-order valence-corrected chi connectivity index (χ2v) is 6.68. The zero-order chi connectivity index (χ0) is 16.9. The van der Waals surface area contributed by atoms with Crippen molar-refractivity contribution in [1.29, 1.82) is 0 Å². The van der Waals surface area contributed by atoms with Gasteiger partial charge in [-0.25, -0.2) is 9.18 Å². The predicted molar refractivity (Wildman–Crippen MR) is 88.7 cm³/mol. The second-order valence-electron chi connectivity index (χ2n) is 6.68. The summed E-state index contributed by atoms with van der Waals surface area (Å²) in [5.74, 6) is -0.253. The van der Waals surface area contributed by atoms with Crippen LogP contribution in [0.5, 0.6) is 0 Å². The van der Waals surface area contributed by atoms with Crippen molar-refractivity contribution in [3.05, 3.63) is 35.6 Å². The zero-order valence-corrected chi connectivity index (χ0v) is 14.0. The molecular formula is C18H27FN2O2. The maximum absolute atomic E-state index is 13.2. The van der Waals surface area contributed by atoms with E-state index in [1.54, 1.807) is 6.07 Å². The molecule has 2 N–H and O–H groups in total. The fourth-order valence-electron chi connectivity index (χ4n) is 3.18. The lowest BCUT2D eigenvalue weighted by molar-refractivity contribution is 0.0516. The van der Waals surface area contributed by atoms with Gasteiger partial charge >= 0.3 is 6.03 Å². The molecule has 0 radical (unpaired) electrons. The van der Waals surface area contributed by atoms with Crippen molar-refractivity contribution >= 4 is 6.03 Å². The quantitative estimate of drug-likeness (QED) is 0.876. The van der Waals surface area contributed by atoms with Crippen molar-refractivity contribution < 1.29 is 14.3 Å². The topological polar surface area (TPSA) is 52.6 Å². The molecule has 1 fully saturated rings. The minimum absolute atomic E-state index is 0.0238. The first kappa shape index (κ1) is 17.7. The van der Waals surface area contributed by atoms with Gasteiger partial charge in [0.25, 0.3) is 0 Å². The van der Waals surface area contributed by atoms with E-state index in [9.17, 15) is 14.3 Å². The van der Waals surface area contributed by atoms with Crippen LogP contribution in [0.15, 0.2) is 24.3 Å². The van der Waals surface area contributed by atoms with Gasteiger partial charge in [-0.1, -0.05) is 19.1 Å². The summed E-state index contributed by atoms with van der Waals surface area (Å²) < 4.78 is 13.2. The van der Waals surface area contributed by atoms with Crippen LogP contribution in [-0.2, 0) is 6.42 Å². The summed E-state index contributed by atoms with van der Waals surface area (Å²) in [6, 6.07) is 6.34. The second kappa shape index (κ2) is 7.77. The Labute approximate surface area is 137 Å². The van der Waals surface area contributed by atoms with Crippen LogP contribution in [0.1, 0.15) is 38.7 Å². The molecule has 1 heterocycles. The predicted octanol–water partition coefficient (Wildman–Crippen LogP) is 2.95. The summed E-state index contributed by atoms with van der Waals surface area (Å²) in [7, 11) is 0. The number of benzene rings is 1. The Morgan fingerprint density at radius 1 is 1.43 bits per heavy atom. The average molecular weight is 322 g/mol. The van der Waals surface area contributed by atoms with Crippen molar-refractivity contribution in [3.63, 3.8) is 0 Å². The Morgan fingerprint density at radius 3 is 2.70 bits per heavy atom.